The predicted octanol–water partition coefficient (Wildman–Crippen LogP) is 0.704. The van der Waals surface area contributed by atoms with E-state index in [1.54, 1.807) is 11.0 Å². The van der Waals surface area contributed by atoms with Crippen LogP contribution in [-0.2, 0) is 21.2 Å². The van der Waals surface area contributed by atoms with Crippen molar-refractivity contribution in [2.24, 2.45) is 0 Å². The van der Waals surface area contributed by atoms with Gasteiger partial charge in [0.15, 0.2) is 0 Å². The molecule has 1 aromatic rings. The number of carbonyl (C=O) groups is 1. The molecule has 0 radical (unpaired) electrons. The van der Waals surface area contributed by atoms with E-state index >= 15 is 0 Å². The van der Waals surface area contributed by atoms with Crippen molar-refractivity contribution >= 4 is 37.5 Å². The zero-order chi connectivity index (χ0) is 18.2. The van der Waals surface area contributed by atoms with E-state index in [1.165, 1.54) is 11.8 Å². The summed E-state index contributed by atoms with van der Waals surface area (Å²) in [5, 5.41) is 0. The summed E-state index contributed by atoms with van der Waals surface area (Å²) in [5.41, 5.74) is 1.43. The van der Waals surface area contributed by atoms with Crippen molar-refractivity contribution < 1.29 is 18.1 Å². The van der Waals surface area contributed by atoms with Crippen molar-refractivity contribution in [1.29, 1.82) is 0 Å². The van der Waals surface area contributed by atoms with Crippen LogP contribution in [0.5, 0.6) is 0 Å². The topological polar surface area (TPSA) is 70.9 Å². The molecule has 0 saturated carbocycles. The van der Waals surface area contributed by atoms with Gasteiger partial charge in [0.2, 0.25) is 15.9 Å². The molecule has 1 fully saturated rings. The van der Waals surface area contributed by atoms with E-state index in [1.807, 2.05) is 6.07 Å². The Morgan fingerprint density at radius 2 is 2.20 bits per heavy atom. The molecule has 2 unspecified atom stereocenters. The third-order valence-electron chi connectivity index (χ3n) is 5.26. The van der Waals surface area contributed by atoms with Crippen LogP contribution < -0.4 is 14.5 Å². The maximum atomic E-state index is 13.0. The molecule has 138 valence electrons. The van der Waals surface area contributed by atoms with E-state index in [4.69, 9.17) is 0 Å². The Labute approximate surface area is 157 Å². The van der Waals surface area contributed by atoms with Gasteiger partial charge in [0.1, 0.15) is 10.9 Å². The van der Waals surface area contributed by atoms with Crippen molar-refractivity contribution in [3.8, 4) is 0 Å². The first-order valence-electron chi connectivity index (χ1n) is 8.78. The molecule has 2 heterocycles. The summed E-state index contributed by atoms with van der Waals surface area (Å²) in [6.07, 6.45) is 2.86. The third-order valence-corrected chi connectivity index (χ3v) is 7.16. The summed E-state index contributed by atoms with van der Waals surface area (Å²) in [7, 11) is -3.68. The van der Waals surface area contributed by atoms with Crippen LogP contribution in [0.25, 0.3) is 0 Å². The number of anilines is 1. The standard InChI is InChI=1S/C17H24BrN3O3S/c1-3-20-7-4-5-15(20)11-19-25(23,24)16-10-14(18)9-13-6-8-21(12(2)22)17(13)16/h9-10,15,19H,3-8,11H2,1-2H3/p+1. The van der Waals surface area contributed by atoms with E-state index in [0.29, 0.717) is 31.2 Å². The molecule has 1 saturated heterocycles. The number of hydrogen-bond donors (Lipinski definition) is 2. The first-order valence-corrected chi connectivity index (χ1v) is 11.1. The van der Waals surface area contributed by atoms with Gasteiger partial charge in [-0.1, -0.05) is 15.9 Å². The fraction of sp³-hybridized carbons (Fsp3) is 0.588. The van der Waals surface area contributed by atoms with Gasteiger partial charge in [-0.3, -0.25) is 4.79 Å². The molecule has 0 bridgehead atoms. The summed E-state index contributed by atoms with van der Waals surface area (Å²) in [6, 6.07) is 3.82. The second kappa shape index (κ2) is 7.34. The third kappa shape index (κ3) is 3.77. The Balaban J connectivity index is 1.89. The first kappa shape index (κ1) is 18.8. The SMILES string of the molecule is CC[NH+]1CCCC1CNS(=O)(=O)c1cc(Br)cc2c1N(C(C)=O)CC2. The molecule has 1 aromatic carbocycles. The van der Waals surface area contributed by atoms with Crippen LogP contribution in [0.1, 0.15) is 32.3 Å². The lowest BCUT2D eigenvalue weighted by atomic mass is 10.2. The van der Waals surface area contributed by atoms with Gasteiger partial charge >= 0.3 is 0 Å². The Kier molecular flexibility index (Phi) is 5.53. The van der Waals surface area contributed by atoms with Crippen molar-refractivity contribution in [3.63, 3.8) is 0 Å². The van der Waals surface area contributed by atoms with Gasteiger partial charge in [0.05, 0.1) is 25.3 Å². The molecule has 2 atom stereocenters. The molecule has 8 heteroatoms. The monoisotopic (exact) mass is 430 g/mol. The smallest absolute Gasteiger partial charge is 0.242 e. The Morgan fingerprint density at radius 1 is 1.44 bits per heavy atom. The molecule has 1 amide bonds. The van der Waals surface area contributed by atoms with Crippen LogP contribution in [-0.4, -0.2) is 46.5 Å². The van der Waals surface area contributed by atoms with Gasteiger partial charge in [-0.25, -0.2) is 13.1 Å². The number of halogens is 1. The zero-order valence-corrected chi connectivity index (χ0v) is 17.0. The summed E-state index contributed by atoms with van der Waals surface area (Å²) >= 11 is 3.40. The molecule has 2 aliphatic heterocycles. The molecule has 25 heavy (non-hydrogen) atoms. The summed E-state index contributed by atoms with van der Waals surface area (Å²) in [5.74, 6) is -0.130. The number of fused-ring (bicyclic) bond motifs is 1. The van der Waals surface area contributed by atoms with Crippen LogP contribution in [0, 0.1) is 0 Å². The number of benzene rings is 1. The lowest BCUT2D eigenvalue weighted by Crippen LogP contribution is -3.14. The van der Waals surface area contributed by atoms with E-state index < -0.39 is 10.0 Å². The van der Waals surface area contributed by atoms with Crippen molar-refractivity contribution in [1.82, 2.24) is 4.72 Å². The van der Waals surface area contributed by atoms with Gasteiger partial charge < -0.3 is 9.80 Å². The Hall–Kier alpha value is -0.960. The largest absolute Gasteiger partial charge is 0.332 e. The molecule has 0 aromatic heterocycles. The molecular weight excluding hydrogens is 406 g/mol. The van der Waals surface area contributed by atoms with Crippen LogP contribution >= 0.6 is 15.9 Å². The molecule has 0 aliphatic carbocycles. The summed E-state index contributed by atoms with van der Waals surface area (Å²) < 4.78 is 29.5. The number of amides is 1. The van der Waals surface area contributed by atoms with Gasteiger partial charge in [-0.15, -0.1) is 0 Å². The minimum Gasteiger partial charge on any atom is -0.332 e. The Bertz CT molecular complexity index is 782. The number of quaternary nitrogens is 1. The van der Waals surface area contributed by atoms with Gasteiger partial charge in [0, 0.05) is 30.8 Å². The van der Waals surface area contributed by atoms with Gasteiger partial charge in [-0.2, -0.15) is 0 Å². The normalized spacial score (nSPS) is 23.1. The highest BCUT2D eigenvalue weighted by Gasteiger charge is 2.33. The number of sulfonamides is 1. The highest BCUT2D eigenvalue weighted by molar-refractivity contribution is 9.10. The van der Waals surface area contributed by atoms with E-state index in [0.717, 1.165) is 36.0 Å². The molecule has 3 rings (SSSR count). The van der Waals surface area contributed by atoms with Crippen molar-refractivity contribution in [2.75, 3.05) is 31.1 Å². The number of nitrogens with one attached hydrogen (secondary N) is 2. The zero-order valence-electron chi connectivity index (χ0n) is 14.6. The summed E-state index contributed by atoms with van der Waals surface area (Å²) in [4.78, 5) is 15.1. The van der Waals surface area contributed by atoms with Crippen LogP contribution in [0.2, 0.25) is 0 Å². The number of nitrogens with zero attached hydrogens (tertiary/aromatic N) is 1. The number of carbonyl (C=O) groups excluding carboxylic acids is 1. The average Bonchev–Trinajstić information content (AvgIpc) is 3.18. The van der Waals surface area contributed by atoms with Gasteiger partial charge in [0.25, 0.3) is 0 Å². The summed E-state index contributed by atoms with van der Waals surface area (Å²) in [6.45, 7) is 6.69. The van der Waals surface area contributed by atoms with Crippen LogP contribution in [0.3, 0.4) is 0 Å². The second-order valence-electron chi connectivity index (χ2n) is 6.79. The maximum absolute atomic E-state index is 13.0. The van der Waals surface area contributed by atoms with E-state index in [2.05, 4.69) is 27.6 Å². The molecule has 2 aliphatic rings. The van der Waals surface area contributed by atoms with Crippen molar-refractivity contribution in [3.05, 3.63) is 22.2 Å². The molecule has 0 spiro atoms. The highest BCUT2D eigenvalue weighted by atomic mass is 79.9. The average molecular weight is 431 g/mol. The fourth-order valence-corrected chi connectivity index (χ4v) is 5.98. The minimum absolute atomic E-state index is 0.130. The lowest BCUT2D eigenvalue weighted by molar-refractivity contribution is -0.909. The number of likely N-dealkylation sites (tertiary alicyclic amines) is 1. The van der Waals surface area contributed by atoms with E-state index in [-0.39, 0.29) is 10.8 Å². The van der Waals surface area contributed by atoms with Gasteiger partial charge in [-0.05, 0) is 31.0 Å². The lowest BCUT2D eigenvalue weighted by Gasteiger charge is -2.22. The number of likely N-dealkylation sites (N-methyl/N-ethyl adjacent to an activating group) is 1. The number of hydrogen-bond acceptors (Lipinski definition) is 3. The first-order chi connectivity index (χ1) is 11.8. The minimum atomic E-state index is -3.68. The molecular formula is C17H25BrN3O3S+. The molecule has 6 nitrogen and oxygen atoms in total. The molecule has 2 N–H and O–H groups in total. The predicted molar refractivity (Wildman–Crippen MR) is 100 cm³/mol. The quantitative estimate of drug-likeness (QED) is 0.722. The Morgan fingerprint density at radius 3 is 2.88 bits per heavy atom. The number of rotatable bonds is 5. The highest BCUT2D eigenvalue weighted by Crippen LogP contribution is 2.37. The second-order valence-corrected chi connectivity index (χ2v) is 9.44. The fourth-order valence-electron chi connectivity index (χ4n) is 3.97. The van der Waals surface area contributed by atoms with Crippen LogP contribution in [0.4, 0.5) is 5.69 Å². The maximum Gasteiger partial charge on any atom is 0.242 e. The van der Waals surface area contributed by atoms with E-state index in [9.17, 15) is 13.2 Å². The van der Waals surface area contributed by atoms with Crippen molar-refractivity contribution in [2.45, 2.75) is 44.0 Å². The van der Waals surface area contributed by atoms with Crippen LogP contribution in [0.15, 0.2) is 21.5 Å².